The summed E-state index contributed by atoms with van der Waals surface area (Å²) >= 11 is 0. The summed E-state index contributed by atoms with van der Waals surface area (Å²) in [6.07, 6.45) is 13.0. The molecule has 11 amide bonds. The maximum Gasteiger partial charge on any atom is 0.410 e. The molecule has 624 valence electrons. The van der Waals surface area contributed by atoms with Crippen molar-refractivity contribution < 1.29 is 101 Å². The zero-order valence-electron chi connectivity index (χ0n) is 67.5. The van der Waals surface area contributed by atoms with Gasteiger partial charge in [0.25, 0.3) is 11.8 Å². The van der Waals surface area contributed by atoms with E-state index in [4.69, 9.17) is 34.3 Å². The van der Waals surface area contributed by atoms with Gasteiger partial charge in [0.15, 0.2) is 0 Å². The lowest BCUT2D eigenvalue weighted by Gasteiger charge is -2.31. The van der Waals surface area contributed by atoms with Crippen LogP contribution in [0.15, 0.2) is 72.8 Å². The monoisotopic (exact) mass is 1590 g/mol. The van der Waals surface area contributed by atoms with Crippen LogP contribution in [0.2, 0.25) is 0 Å². The third-order valence-electron chi connectivity index (χ3n) is 21.6. The maximum absolute atomic E-state index is 14.5. The second kappa shape index (κ2) is 38.3. The summed E-state index contributed by atoms with van der Waals surface area (Å²) in [5.74, 6) is -7.47. The number of ether oxygens (including phenoxy) is 5. The Balaban J connectivity index is 0.000000212. The first-order valence-electron chi connectivity index (χ1n) is 40.1. The fraction of sp³-hybridized carbons (Fsp3) is 0.634. The first-order chi connectivity index (χ1) is 53.9. The van der Waals surface area contributed by atoms with E-state index in [-0.39, 0.29) is 81.9 Å². The van der Waals surface area contributed by atoms with Gasteiger partial charge in [0.2, 0.25) is 29.5 Å². The van der Waals surface area contributed by atoms with E-state index in [9.17, 15) is 72.2 Å². The van der Waals surface area contributed by atoms with E-state index in [0.717, 1.165) is 61.6 Å². The van der Waals surface area contributed by atoms with Gasteiger partial charge in [-0.1, -0.05) is 126 Å². The SMILES string of the molecule is CC(C)C(NC(=O)OC(C)(C)C)C(=O)ON1C(=O)CCC1=O.CC(C)[C@@H](NC(=O)OC(C)(C)C)C(=O)N[C@H]1CCCCC/C=C\[C@@H]2C[C@@]2(C(=O)O)NC(=O)[C@@H]2C[C@@H](OC(=O)N3CCc4ccccc4C3)CN2C1=O.CCOC(=O)[C@@]12C[C@H]1/C=C\CCCCC[C@H](N)C(=O)N1C[C@H](OC(=O)N3CCc4ccccc4C3)C[C@H]1C(=O)N2. The van der Waals surface area contributed by atoms with E-state index in [2.05, 4.69) is 38.7 Å². The number of carboxylic acid groups (broad SMARTS) is 1. The van der Waals surface area contributed by atoms with Gasteiger partial charge in [0, 0.05) is 63.7 Å². The number of aliphatic carboxylic acids is 1. The average Bonchev–Trinajstić information content (AvgIpc) is 1.58. The molecule has 7 aliphatic heterocycles. The van der Waals surface area contributed by atoms with Gasteiger partial charge < -0.3 is 85.5 Å². The van der Waals surface area contributed by atoms with Crippen molar-refractivity contribution >= 4 is 83.6 Å². The number of benzene rings is 2. The molecule has 2 aromatic rings. The van der Waals surface area contributed by atoms with Crippen LogP contribution in [0, 0.1) is 23.7 Å². The third-order valence-corrected chi connectivity index (χ3v) is 21.6. The number of rotatable bonds is 13. The molecule has 2 aliphatic carbocycles. The minimum absolute atomic E-state index is 0.0119. The van der Waals surface area contributed by atoms with Crippen molar-refractivity contribution in [2.24, 2.45) is 29.4 Å². The van der Waals surface area contributed by atoms with Crippen LogP contribution >= 0.6 is 0 Å². The second-order valence-electron chi connectivity index (χ2n) is 33.5. The number of allylic oxidation sites excluding steroid dienone is 2. The Morgan fingerprint density at radius 1 is 0.588 bits per heavy atom. The highest BCUT2D eigenvalue weighted by atomic mass is 16.7. The molecule has 3 saturated heterocycles. The number of nitrogens with one attached hydrogen (secondary N) is 5. The van der Waals surface area contributed by atoms with Gasteiger partial charge in [0.1, 0.15) is 64.7 Å². The molecule has 5 fully saturated rings. The molecule has 7 heterocycles. The summed E-state index contributed by atoms with van der Waals surface area (Å²) in [5, 5.41) is 24.1. The number of carbonyl (C=O) groups is 14. The molecular formula is C82H115N11O21. The summed E-state index contributed by atoms with van der Waals surface area (Å²) in [4.78, 5) is 191. The normalized spacial score (nSPS) is 26.9. The average molecular weight is 1590 g/mol. The number of alkyl carbamates (subject to hydrolysis) is 2. The summed E-state index contributed by atoms with van der Waals surface area (Å²) < 4.78 is 27.5. The summed E-state index contributed by atoms with van der Waals surface area (Å²) in [5.41, 5.74) is 6.64. The summed E-state index contributed by atoms with van der Waals surface area (Å²) in [6, 6.07) is 9.94. The molecule has 8 N–H and O–H groups in total. The number of fused-ring (bicyclic) bond motifs is 6. The predicted octanol–water partition coefficient (Wildman–Crippen LogP) is 7.24. The van der Waals surface area contributed by atoms with Crippen LogP contribution in [0.1, 0.15) is 201 Å². The number of hydroxylamine groups is 2. The zero-order chi connectivity index (χ0) is 83.1. The van der Waals surface area contributed by atoms with Gasteiger partial charge in [-0.2, -0.15) is 0 Å². The Labute approximate surface area is 665 Å². The van der Waals surface area contributed by atoms with E-state index in [1.807, 2.05) is 60.7 Å². The van der Waals surface area contributed by atoms with Crippen LogP contribution in [-0.4, -0.2) is 217 Å². The Hall–Kier alpha value is -10.1. The van der Waals surface area contributed by atoms with Crippen molar-refractivity contribution in [1.29, 1.82) is 0 Å². The van der Waals surface area contributed by atoms with E-state index >= 15 is 0 Å². The van der Waals surface area contributed by atoms with E-state index in [1.165, 1.54) is 15.4 Å². The Morgan fingerprint density at radius 2 is 1.04 bits per heavy atom. The molecule has 0 spiro atoms. The molecule has 0 aromatic heterocycles. The molecule has 114 heavy (non-hydrogen) atoms. The predicted molar refractivity (Wildman–Crippen MR) is 412 cm³/mol. The van der Waals surface area contributed by atoms with Crippen molar-refractivity contribution in [2.75, 3.05) is 32.8 Å². The van der Waals surface area contributed by atoms with Crippen LogP contribution in [-0.2, 0) is 102 Å². The van der Waals surface area contributed by atoms with Gasteiger partial charge in [-0.3, -0.25) is 33.6 Å². The largest absolute Gasteiger partial charge is 0.479 e. The third kappa shape index (κ3) is 23.1. The van der Waals surface area contributed by atoms with E-state index in [1.54, 1.807) is 86.0 Å². The molecule has 1 unspecified atom stereocenters. The number of hydrogen-bond donors (Lipinski definition) is 7. The fourth-order valence-corrected chi connectivity index (χ4v) is 15.1. The van der Waals surface area contributed by atoms with Gasteiger partial charge in [-0.25, -0.2) is 33.6 Å². The first kappa shape index (κ1) is 87.8. The molecule has 0 bridgehead atoms. The lowest BCUT2D eigenvalue weighted by Crippen LogP contribution is -2.59. The van der Waals surface area contributed by atoms with Crippen molar-refractivity contribution in [3.63, 3.8) is 0 Å². The highest BCUT2D eigenvalue weighted by molar-refractivity contribution is 6.02. The molecule has 0 radical (unpaired) electrons. The lowest BCUT2D eigenvalue weighted by atomic mass is 10.0. The Morgan fingerprint density at radius 3 is 1.51 bits per heavy atom. The maximum atomic E-state index is 14.5. The highest BCUT2D eigenvalue weighted by Gasteiger charge is 2.63. The van der Waals surface area contributed by atoms with E-state index < -0.39 is 154 Å². The van der Waals surface area contributed by atoms with Crippen molar-refractivity contribution in [2.45, 2.75) is 276 Å². The minimum Gasteiger partial charge on any atom is -0.479 e. The second-order valence-corrected chi connectivity index (χ2v) is 33.5. The molecular weight excluding hydrogens is 1470 g/mol. The van der Waals surface area contributed by atoms with E-state index in [0.29, 0.717) is 63.3 Å². The Bertz CT molecular complexity index is 3950. The number of carbonyl (C=O) groups excluding carboxylic acids is 13. The number of hydrogen-bond acceptors (Lipinski definition) is 21. The lowest BCUT2D eigenvalue weighted by molar-refractivity contribution is -0.199. The van der Waals surface area contributed by atoms with Gasteiger partial charge in [-0.15, -0.1) is 5.06 Å². The molecule has 2 saturated carbocycles. The van der Waals surface area contributed by atoms with Gasteiger partial charge in [-0.05, 0) is 147 Å². The number of nitrogens with two attached hydrogens (primary N) is 1. The number of esters is 1. The van der Waals surface area contributed by atoms with Crippen LogP contribution < -0.4 is 32.3 Å². The number of imide groups is 1. The smallest absolute Gasteiger partial charge is 0.410 e. The highest BCUT2D eigenvalue weighted by Crippen LogP contribution is 2.47. The first-order valence-corrected chi connectivity index (χ1v) is 40.1. The molecule has 32 nitrogen and oxygen atoms in total. The molecule has 11 rings (SSSR count). The molecule has 32 heteroatoms. The Kier molecular flexibility index (Phi) is 29.5. The number of nitrogens with zero attached hydrogens (tertiary/aromatic N) is 5. The van der Waals surface area contributed by atoms with Crippen molar-refractivity contribution in [3.8, 4) is 0 Å². The topological polar surface area (TPSA) is 417 Å². The quantitative estimate of drug-likeness (QED) is 0.0449. The van der Waals surface area contributed by atoms with Crippen molar-refractivity contribution in [3.05, 3.63) is 95.1 Å². The summed E-state index contributed by atoms with van der Waals surface area (Å²) in [7, 11) is 0. The van der Waals surface area contributed by atoms with Crippen LogP contribution in [0.4, 0.5) is 19.2 Å². The van der Waals surface area contributed by atoms with Crippen molar-refractivity contribution in [1.82, 2.24) is 51.2 Å². The summed E-state index contributed by atoms with van der Waals surface area (Å²) in [6.45, 7) is 20.8. The van der Waals surface area contributed by atoms with Crippen LogP contribution in [0.25, 0.3) is 0 Å². The zero-order valence-corrected chi connectivity index (χ0v) is 67.5. The van der Waals surface area contributed by atoms with Gasteiger partial charge in [0.05, 0.1) is 25.7 Å². The van der Waals surface area contributed by atoms with Crippen LogP contribution in [0.5, 0.6) is 0 Å². The molecule has 9 aliphatic rings. The molecule has 2 aromatic carbocycles. The molecule has 12 atom stereocenters. The van der Waals surface area contributed by atoms with Crippen LogP contribution in [0.3, 0.4) is 0 Å². The number of amides is 11. The minimum atomic E-state index is -1.50. The standard InChI is InChI=1S/C38H53N5O9.C30H40N4O6.C14H22N2O6/c1-23(2)30(40-35(49)52-37(3,4)5)32(45)39-28-16-10-8-6-7-9-15-26-20-38(26,34(47)48)41-31(44)29-19-27(22-43(29)33(28)46)51-36(50)42-18-17-24-13-11-12-14-25(24)21-42;1-2-39-28(37)30-17-22(30)12-6-4-3-5-7-13-24(31)27(36)34-19-23(16-25(34)26(35)32-30)40-29(38)33-15-14-20-10-8-9-11-21(20)18-33;1-8(2)11(15-13(20)21-14(3,4)5)12(19)22-16-9(17)6-7-10(16)18/h9,11-15,23,26-30H,6-8,10,16-22H2,1-5H3,(H,39,45)(H,40,49)(H,41,44)(H,47,48);6,8-12,22-25H,2-5,7,13-19,31H2,1H3,(H,32,35);8,11H,6-7H2,1-5H3,(H,15,20)/b15-9-;12-6-;/t26-,27-,28+,29+,30-,38-;22-,23-,24+,25+,30-;/m11./s1. The fourth-order valence-electron chi connectivity index (χ4n) is 15.1. The van der Waals surface area contributed by atoms with Gasteiger partial charge >= 0.3 is 42.3 Å². The number of carboxylic acids is 1.